The molecule has 4 heteroatoms. The van der Waals surface area contributed by atoms with Crippen LogP contribution in [0.1, 0.15) is 52.9 Å². The molecule has 19 heavy (non-hydrogen) atoms. The summed E-state index contributed by atoms with van der Waals surface area (Å²) in [7, 11) is 0. The number of aliphatic hydroxyl groups is 1. The van der Waals surface area contributed by atoms with Gasteiger partial charge in [0.2, 0.25) is 0 Å². The van der Waals surface area contributed by atoms with Gasteiger partial charge in [0, 0.05) is 0 Å². The van der Waals surface area contributed by atoms with Crippen molar-refractivity contribution in [3.8, 4) is 0 Å². The van der Waals surface area contributed by atoms with E-state index in [2.05, 4.69) is 19.1 Å². The first kappa shape index (κ1) is 15.0. The molecule has 110 valence electrons. The van der Waals surface area contributed by atoms with Crippen LogP contribution in [-0.2, 0) is 14.2 Å². The summed E-state index contributed by atoms with van der Waals surface area (Å²) in [6.45, 7) is 5.95. The van der Waals surface area contributed by atoms with E-state index in [0.29, 0.717) is 0 Å². The Morgan fingerprint density at radius 1 is 1.11 bits per heavy atom. The highest BCUT2D eigenvalue weighted by molar-refractivity contribution is 4.98. The first-order chi connectivity index (χ1) is 9.03. The van der Waals surface area contributed by atoms with Crippen LogP contribution in [0.5, 0.6) is 0 Å². The van der Waals surface area contributed by atoms with Crippen LogP contribution in [-0.4, -0.2) is 35.5 Å². The van der Waals surface area contributed by atoms with E-state index < -0.39 is 12.1 Å². The summed E-state index contributed by atoms with van der Waals surface area (Å²) in [5.74, 6) is -0.622. The highest BCUT2D eigenvalue weighted by Crippen LogP contribution is 2.38. The van der Waals surface area contributed by atoms with Crippen LogP contribution in [0.15, 0.2) is 12.2 Å². The van der Waals surface area contributed by atoms with Crippen molar-refractivity contribution in [1.82, 2.24) is 0 Å². The minimum absolute atomic E-state index is 0.107. The van der Waals surface area contributed by atoms with Crippen molar-refractivity contribution >= 4 is 0 Å². The lowest BCUT2D eigenvalue weighted by molar-refractivity contribution is -0.219. The Morgan fingerprint density at radius 2 is 1.84 bits per heavy atom. The van der Waals surface area contributed by atoms with Gasteiger partial charge < -0.3 is 19.3 Å². The van der Waals surface area contributed by atoms with Gasteiger partial charge in [-0.2, -0.15) is 0 Å². The average Bonchev–Trinajstić information content (AvgIpc) is 2.80. The van der Waals surface area contributed by atoms with E-state index in [-0.39, 0.29) is 18.3 Å². The monoisotopic (exact) mass is 270 g/mol. The molecule has 4 nitrogen and oxygen atoms in total. The summed E-state index contributed by atoms with van der Waals surface area (Å²) >= 11 is 0. The lowest BCUT2D eigenvalue weighted by Crippen LogP contribution is -2.29. The van der Waals surface area contributed by atoms with Gasteiger partial charge in [0.15, 0.2) is 12.1 Å². The highest BCUT2D eigenvalue weighted by atomic mass is 16.8. The Bertz CT molecular complexity index is 313. The summed E-state index contributed by atoms with van der Waals surface area (Å²) in [6, 6.07) is 0. The molecule has 2 aliphatic rings. The summed E-state index contributed by atoms with van der Waals surface area (Å²) < 4.78 is 17.0. The molecule has 2 heterocycles. The minimum atomic E-state index is -0.870. The van der Waals surface area contributed by atoms with Gasteiger partial charge in [0.1, 0.15) is 12.2 Å². The fraction of sp³-hybridized carbons (Fsp3) is 0.867. The maximum Gasteiger partial charge on any atom is 0.184 e. The Labute approximate surface area is 115 Å². The third kappa shape index (κ3) is 3.78. The number of ether oxygens (including phenoxy) is 3. The zero-order valence-corrected chi connectivity index (χ0v) is 12.2. The van der Waals surface area contributed by atoms with Crippen molar-refractivity contribution < 1.29 is 19.3 Å². The molecule has 0 aromatic heterocycles. The lowest BCUT2D eigenvalue weighted by atomic mass is 10.1. The van der Waals surface area contributed by atoms with Gasteiger partial charge in [-0.25, -0.2) is 0 Å². The first-order valence-electron chi connectivity index (χ1n) is 7.37. The van der Waals surface area contributed by atoms with Gasteiger partial charge >= 0.3 is 0 Å². The molecule has 0 aromatic carbocycles. The zero-order chi connectivity index (χ0) is 13.9. The fourth-order valence-electron chi connectivity index (χ4n) is 2.71. The van der Waals surface area contributed by atoms with Gasteiger partial charge in [-0.3, -0.25) is 0 Å². The van der Waals surface area contributed by atoms with Crippen LogP contribution >= 0.6 is 0 Å². The smallest absolute Gasteiger partial charge is 0.184 e. The molecule has 0 saturated carbocycles. The van der Waals surface area contributed by atoms with E-state index in [1.165, 1.54) is 19.3 Å². The molecule has 0 radical (unpaired) electrons. The fourth-order valence-corrected chi connectivity index (χ4v) is 2.71. The van der Waals surface area contributed by atoms with Crippen molar-refractivity contribution in [1.29, 1.82) is 0 Å². The van der Waals surface area contributed by atoms with Crippen molar-refractivity contribution in [3.05, 3.63) is 12.2 Å². The molecular weight excluding hydrogens is 244 g/mol. The number of hydrogen-bond acceptors (Lipinski definition) is 4. The second-order valence-electron chi connectivity index (χ2n) is 5.83. The van der Waals surface area contributed by atoms with Gasteiger partial charge in [-0.15, -0.1) is 0 Å². The molecule has 0 aromatic rings. The SMILES string of the molecule is CCCCC/C=C\C[C@H]1OC(O)[C@@H]2OC(C)(C)O[C@H]12. The van der Waals surface area contributed by atoms with Gasteiger partial charge in [-0.05, 0) is 33.1 Å². The number of fused-ring (bicyclic) bond motifs is 1. The standard InChI is InChI=1S/C15H26O4/c1-4-5-6-7-8-9-10-11-12-13(14(16)17-11)19-15(2,3)18-12/h8-9,11-14,16H,4-7,10H2,1-3H3/b9-8-/t11-,12-,13-,14?/m1/s1. The summed E-state index contributed by atoms with van der Waals surface area (Å²) in [4.78, 5) is 0. The Hall–Kier alpha value is -0.420. The minimum Gasteiger partial charge on any atom is -0.366 e. The number of unbranched alkanes of at least 4 members (excludes halogenated alkanes) is 3. The number of aliphatic hydroxyl groups excluding tert-OH is 1. The van der Waals surface area contributed by atoms with Crippen LogP contribution < -0.4 is 0 Å². The Kier molecular flexibility index (Phi) is 5.01. The molecule has 1 unspecified atom stereocenters. The van der Waals surface area contributed by atoms with Gasteiger partial charge in [0.25, 0.3) is 0 Å². The van der Waals surface area contributed by atoms with Gasteiger partial charge in [0.05, 0.1) is 6.10 Å². The molecule has 2 fully saturated rings. The van der Waals surface area contributed by atoms with Crippen molar-refractivity contribution in [3.63, 3.8) is 0 Å². The molecule has 2 saturated heterocycles. The summed E-state index contributed by atoms with van der Waals surface area (Å²) in [5.41, 5.74) is 0. The molecular formula is C15H26O4. The molecule has 2 aliphatic heterocycles. The van der Waals surface area contributed by atoms with Crippen LogP contribution in [0.25, 0.3) is 0 Å². The van der Waals surface area contributed by atoms with Crippen LogP contribution in [0.4, 0.5) is 0 Å². The Morgan fingerprint density at radius 3 is 2.58 bits per heavy atom. The number of rotatable bonds is 6. The van der Waals surface area contributed by atoms with Crippen molar-refractivity contribution in [2.24, 2.45) is 0 Å². The summed E-state index contributed by atoms with van der Waals surface area (Å²) in [5, 5.41) is 9.82. The third-order valence-corrected chi connectivity index (χ3v) is 3.63. The van der Waals surface area contributed by atoms with Crippen molar-refractivity contribution in [2.75, 3.05) is 0 Å². The normalized spacial score (nSPS) is 37.1. The van der Waals surface area contributed by atoms with E-state index in [1.54, 1.807) is 0 Å². The first-order valence-corrected chi connectivity index (χ1v) is 7.37. The second-order valence-corrected chi connectivity index (χ2v) is 5.83. The van der Waals surface area contributed by atoms with E-state index in [0.717, 1.165) is 12.8 Å². The summed E-state index contributed by atoms with van der Waals surface area (Å²) in [6.07, 6.45) is 8.47. The van der Waals surface area contributed by atoms with Crippen LogP contribution in [0, 0.1) is 0 Å². The van der Waals surface area contributed by atoms with Gasteiger partial charge in [-0.1, -0.05) is 31.9 Å². The molecule has 0 spiro atoms. The largest absolute Gasteiger partial charge is 0.366 e. The quantitative estimate of drug-likeness (QED) is 0.595. The topological polar surface area (TPSA) is 47.9 Å². The number of hydrogen-bond donors (Lipinski definition) is 1. The molecule has 0 aliphatic carbocycles. The van der Waals surface area contributed by atoms with E-state index in [9.17, 15) is 5.11 Å². The lowest BCUT2D eigenvalue weighted by Gasteiger charge is -2.22. The second kappa shape index (κ2) is 6.35. The maximum absolute atomic E-state index is 9.82. The van der Waals surface area contributed by atoms with Crippen molar-refractivity contribution in [2.45, 2.75) is 83.3 Å². The molecule has 4 atom stereocenters. The van der Waals surface area contributed by atoms with E-state index in [1.807, 2.05) is 13.8 Å². The number of allylic oxidation sites excluding steroid dienone is 1. The molecule has 0 amide bonds. The molecule has 2 rings (SSSR count). The van der Waals surface area contributed by atoms with E-state index in [4.69, 9.17) is 14.2 Å². The highest BCUT2D eigenvalue weighted by Gasteiger charge is 2.54. The molecule has 0 bridgehead atoms. The predicted molar refractivity (Wildman–Crippen MR) is 72.6 cm³/mol. The van der Waals surface area contributed by atoms with Crippen LogP contribution in [0.2, 0.25) is 0 Å². The maximum atomic E-state index is 9.82. The van der Waals surface area contributed by atoms with E-state index >= 15 is 0 Å². The Balaban J connectivity index is 1.78. The average molecular weight is 270 g/mol. The van der Waals surface area contributed by atoms with Crippen LogP contribution in [0.3, 0.4) is 0 Å². The zero-order valence-electron chi connectivity index (χ0n) is 12.2. The molecule has 1 N–H and O–H groups in total. The third-order valence-electron chi connectivity index (χ3n) is 3.63. The predicted octanol–water partition coefficient (Wildman–Crippen LogP) is 2.75.